The summed E-state index contributed by atoms with van der Waals surface area (Å²) in [7, 11) is -2.18. The van der Waals surface area contributed by atoms with Crippen LogP contribution in [-0.4, -0.2) is 46.0 Å². The number of ether oxygens (including phenoxy) is 1. The largest absolute Gasteiger partial charge is 0.497 e. The van der Waals surface area contributed by atoms with Crippen LogP contribution in [0.4, 0.5) is 0 Å². The zero-order valence-corrected chi connectivity index (χ0v) is 16.9. The maximum atomic E-state index is 12.6. The summed E-state index contributed by atoms with van der Waals surface area (Å²) in [6.45, 7) is 3.19. The first-order valence-corrected chi connectivity index (χ1v) is 10.7. The summed E-state index contributed by atoms with van der Waals surface area (Å²) >= 11 is 0. The number of piperidine rings is 1. The van der Waals surface area contributed by atoms with Crippen LogP contribution in [0.15, 0.2) is 53.4 Å². The summed E-state index contributed by atoms with van der Waals surface area (Å²) in [5.41, 5.74) is 1.59. The number of carbonyl (C=O) groups excluding carboxylic acids is 1. The summed E-state index contributed by atoms with van der Waals surface area (Å²) in [4.78, 5) is 14.6. The van der Waals surface area contributed by atoms with E-state index < -0.39 is 10.1 Å². The molecular formula is C21H25NO5S. The number of methoxy groups -OCH3 is 1. The van der Waals surface area contributed by atoms with Crippen LogP contribution in [0.5, 0.6) is 5.75 Å². The fourth-order valence-corrected chi connectivity index (χ4v) is 4.18. The van der Waals surface area contributed by atoms with Crippen molar-refractivity contribution >= 4 is 16.0 Å². The van der Waals surface area contributed by atoms with Crippen molar-refractivity contribution in [2.75, 3.05) is 26.8 Å². The number of hydrogen-bond donors (Lipinski definition) is 0. The second-order valence-corrected chi connectivity index (χ2v) is 8.63. The van der Waals surface area contributed by atoms with Crippen molar-refractivity contribution in [3.05, 3.63) is 59.7 Å². The third-order valence-corrected chi connectivity index (χ3v) is 6.28. The van der Waals surface area contributed by atoms with Crippen LogP contribution >= 0.6 is 0 Å². The number of rotatable bonds is 6. The highest BCUT2D eigenvalue weighted by Gasteiger charge is 2.26. The number of benzene rings is 2. The first-order valence-electron chi connectivity index (χ1n) is 9.28. The molecule has 0 spiro atoms. The predicted molar refractivity (Wildman–Crippen MR) is 106 cm³/mol. The van der Waals surface area contributed by atoms with E-state index in [2.05, 4.69) is 0 Å². The van der Waals surface area contributed by atoms with E-state index in [4.69, 9.17) is 8.92 Å². The van der Waals surface area contributed by atoms with Crippen molar-refractivity contribution < 1.29 is 22.1 Å². The molecule has 1 saturated heterocycles. The zero-order chi connectivity index (χ0) is 20.1. The second kappa shape index (κ2) is 8.75. The zero-order valence-electron chi connectivity index (χ0n) is 16.1. The molecule has 1 heterocycles. The molecule has 3 rings (SSSR count). The van der Waals surface area contributed by atoms with Gasteiger partial charge in [0.05, 0.1) is 18.6 Å². The van der Waals surface area contributed by atoms with Crippen LogP contribution in [-0.2, 0) is 14.3 Å². The van der Waals surface area contributed by atoms with E-state index in [0.29, 0.717) is 37.2 Å². The number of likely N-dealkylation sites (tertiary alicyclic amines) is 1. The SMILES string of the molecule is COc1cccc(C(=O)N2CCC(COS(=O)(=O)c3ccc(C)cc3)CC2)c1. The topological polar surface area (TPSA) is 72.9 Å². The van der Waals surface area contributed by atoms with Gasteiger partial charge in [-0.2, -0.15) is 8.42 Å². The van der Waals surface area contributed by atoms with E-state index >= 15 is 0 Å². The normalized spacial score (nSPS) is 15.4. The molecule has 1 amide bonds. The molecule has 0 bridgehead atoms. The Kier molecular flexibility index (Phi) is 6.36. The van der Waals surface area contributed by atoms with E-state index in [0.717, 1.165) is 5.56 Å². The van der Waals surface area contributed by atoms with Gasteiger partial charge in [-0.1, -0.05) is 23.8 Å². The molecule has 0 radical (unpaired) electrons. The van der Waals surface area contributed by atoms with Gasteiger partial charge in [0.1, 0.15) is 5.75 Å². The Labute approximate surface area is 166 Å². The average molecular weight is 404 g/mol. The first-order chi connectivity index (χ1) is 13.4. The molecule has 2 aromatic carbocycles. The molecule has 28 heavy (non-hydrogen) atoms. The molecule has 0 unspecified atom stereocenters. The van der Waals surface area contributed by atoms with Crippen molar-refractivity contribution in [2.45, 2.75) is 24.7 Å². The average Bonchev–Trinajstić information content (AvgIpc) is 2.72. The van der Waals surface area contributed by atoms with E-state index in [-0.39, 0.29) is 23.3 Å². The van der Waals surface area contributed by atoms with Crippen molar-refractivity contribution in [3.63, 3.8) is 0 Å². The predicted octanol–water partition coefficient (Wildman–Crippen LogP) is 3.26. The molecule has 0 aliphatic carbocycles. The Hall–Kier alpha value is -2.38. The van der Waals surface area contributed by atoms with Gasteiger partial charge in [-0.05, 0) is 56.0 Å². The molecule has 0 aromatic heterocycles. The van der Waals surface area contributed by atoms with Gasteiger partial charge in [0.2, 0.25) is 0 Å². The van der Waals surface area contributed by atoms with Gasteiger partial charge in [-0.3, -0.25) is 8.98 Å². The highest BCUT2D eigenvalue weighted by Crippen LogP contribution is 2.23. The van der Waals surface area contributed by atoms with Gasteiger partial charge in [0.15, 0.2) is 0 Å². The van der Waals surface area contributed by atoms with Gasteiger partial charge < -0.3 is 9.64 Å². The second-order valence-electron chi connectivity index (χ2n) is 7.02. The Bertz CT molecular complexity index is 916. The van der Waals surface area contributed by atoms with Crippen LogP contribution in [0.3, 0.4) is 0 Å². The molecule has 1 aliphatic heterocycles. The lowest BCUT2D eigenvalue weighted by Crippen LogP contribution is -2.39. The number of carbonyl (C=O) groups is 1. The van der Waals surface area contributed by atoms with Crippen LogP contribution in [0.1, 0.15) is 28.8 Å². The molecule has 1 fully saturated rings. The molecule has 6 nitrogen and oxygen atoms in total. The third kappa shape index (κ3) is 4.91. The molecular weight excluding hydrogens is 378 g/mol. The lowest BCUT2D eigenvalue weighted by atomic mass is 9.97. The highest BCUT2D eigenvalue weighted by atomic mass is 32.2. The Morgan fingerprint density at radius 2 is 1.79 bits per heavy atom. The molecule has 0 atom stereocenters. The minimum atomic E-state index is -3.75. The summed E-state index contributed by atoms with van der Waals surface area (Å²) in [6.07, 6.45) is 1.41. The Morgan fingerprint density at radius 1 is 1.11 bits per heavy atom. The molecule has 0 saturated carbocycles. The van der Waals surface area contributed by atoms with Gasteiger partial charge in [-0.25, -0.2) is 0 Å². The lowest BCUT2D eigenvalue weighted by Gasteiger charge is -2.31. The van der Waals surface area contributed by atoms with E-state index in [1.54, 1.807) is 60.5 Å². The van der Waals surface area contributed by atoms with Gasteiger partial charge in [-0.15, -0.1) is 0 Å². The highest BCUT2D eigenvalue weighted by molar-refractivity contribution is 7.86. The Balaban J connectivity index is 1.52. The number of hydrogen-bond acceptors (Lipinski definition) is 5. The van der Waals surface area contributed by atoms with Crippen molar-refractivity contribution in [2.24, 2.45) is 5.92 Å². The van der Waals surface area contributed by atoms with Gasteiger partial charge in [0, 0.05) is 18.7 Å². The minimum absolute atomic E-state index is 0.0365. The number of aryl methyl sites for hydroxylation is 1. The maximum Gasteiger partial charge on any atom is 0.296 e. The summed E-state index contributed by atoms with van der Waals surface area (Å²) in [6, 6.07) is 13.7. The minimum Gasteiger partial charge on any atom is -0.497 e. The maximum absolute atomic E-state index is 12.6. The third-order valence-electron chi connectivity index (χ3n) is 4.99. The quantitative estimate of drug-likeness (QED) is 0.692. The van der Waals surface area contributed by atoms with Gasteiger partial charge in [0.25, 0.3) is 16.0 Å². The molecule has 7 heteroatoms. The van der Waals surface area contributed by atoms with Crippen molar-refractivity contribution in [1.29, 1.82) is 0 Å². The molecule has 0 N–H and O–H groups in total. The van der Waals surface area contributed by atoms with Gasteiger partial charge >= 0.3 is 0 Å². The van der Waals surface area contributed by atoms with Crippen LogP contribution < -0.4 is 4.74 Å². The summed E-state index contributed by atoms with van der Waals surface area (Å²) in [5, 5.41) is 0. The fourth-order valence-electron chi connectivity index (χ4n) is 3.20. The summed E-state index contributed by atoms with van der Waals surface area (Å²) < 4.78 is 35.0. The molecule has 1 aliphatic rings. The van der Waals surface area contributed by atoms with Crippen molar-refractivity contribution in [1.82, 2.24) is 4.90 Å². The number of nitrogens with zero attached hydrogens (tertiary/aromatic N) is 1. The standard InChI is InChI=1S/C21H25NO5S/c1-16-6-8-20(9-7-16)28(24,25)27-15-17-10-12-22(13-11-17)21(23)18-4-3-5-19(14-18)26-2/h3-9,14,17H,10-13,15H2,1-2H3. The van der Waals surface area contributed by atoms with E-state index in [1.807, 2.05) is 6.92 Å². The smallest absolute Gasteiger partial charge is 0.296 e. The molecule has 2 aromatic rings. The van der Waals surface area contributed by atoms with Crippen LogP contribution in [0.2, 0.25) is 0 Å². The van der Waals surface area contributed by atoms with Crippen molar-refractivity contribution in [3.8, 4) is 5.75 Å². The van der Waals surface area contributed by atoms with Crippen LogP contribution in [0.25, 0.3) is 0 Å². The first kappa shape index (κ1) is 20.4. The van der Waals surface area contributed by atoms with E-state index in [9.17, 15) is 13.2 Å². The summed E-state index contributed by atoms with van der Waals surface area (Å²) in [5.74, 6) is 0.718. The Morgan fingerprint density at radius 3 is 2.43 bits per heavy atom. The number of amides is 1. The lowest BCUT2D eigenvalue weighted by molar-refractivity contribution is 0.0662. The van der Waals surface area contributed by atoms with E-state index in [1.165, 1.54) is 0 Å². The van der Waals surface area contributed by atoms with Crippen LogP contribution in [0, 0.1) is 12.8 Å². The fraction of sp³-hybridized carbons (Fsp3) is 0.381. The monoisotopic (exact) mass is 403 g/mol. The molecule has 150 valence electrons.